The minimum absolute atomic E-state index is 0.00142. The molecule has 0 bridgehead atoms. The van der Waals surface area contributed by atoms with Gasteiger partial charge in [-0.3, -0.25) is 9.59 Å². The van der Waals surface area contributed by atoms with Crippen molar-refractivity contribution in [1.29, 1.82) is 0 Å². The summed E-state index contributed by atoms with van der Waals surface area (Å²) < 4.78 is 0. The Morgan fingerprint density at radius 3 is 2.35 bits per heavy atom. The summed E-state index contributed by atoms with van der Waals surface area (Å²) >= 11 is 17.5. The third kappa shape index (κ3) is 1.99. The van der Waals surface area contributed by atoms with Crippen LogP contribution in [0.3, 0.4) is 0 Å². The predicted octanol–water partition coefficient (Wildman–Crippen LogP) is 2.55. The molecule has 0 saturated carbocycles. The van der Waals surface area contributed by atoms with Gasteiger partial charge in [0.1, 0.15) is 0 Å². The molecule has 17 heavy (non-hydrogen) atoms. The van der Waals surface area contributed by atoms with Crippen LogP contribution < -0.4 is 11.0 Å². The Labute approximate surface area is 109 Å². The summed E-state index contributed by atoms with van der Waals surface area (Å²) in [6.45, 7) is 0. The number of halogens is 3. The lowest BCUT2D eigenvalue weighted by Gasteiger charge is -2.00. The topological polar surface area (TPSA) is 70.2 Å². The number of rotatable bonds is 0. The molecule has 2 rings (SSSR count). The van der Waals surface area contributed by atoms with Crippen molar-refractivity contribution >= 4 is 45.7 Å². The van der Waals surface area contributed by atoms with Gasteiger partial charge in [-0.25, -0.2) is 0 Å². The van der Waals surface area contributed by atoms with Gasteiger partial charge in [0.05, 0.1) is 26.0 Å². The van der Waals surface area contributed by atoms with Crippen molar-refractivity contribution in [3.05, 3.63) is 47.8 Å². The minimum Gasteiger partial charge on any atom is -0.503 e. The Bertz CT molecular complexity index is 739. The van der Waals surface area contributed by atoms with Crippen LogP contribution in [0.1, 0.15) is 0 Å². The lowest BCUT2D eigenvalue weighted by atomic mass is 10.2. The van der Waals surface area contributed by atoms with E-state index >= 15 is 0 Å². The highest BCUT2D eigenvalue weighted by atomic mass is 35.5. The molecule has 0 fully saturated rings. The predicted molar refractivity (Wildman–Crippen MR) is 67.5 cm³/mol. The monoisotopic (exact) mass is 291 g/mol. The smallest absolute Gasteiger partial charge is 0.290 e. The minimum atomic E-state index is -0.813. The molecule has 2 aromatic rings. The zero-order valence-corrected chi connectivity index (χ0v) is 10.3. The molecule has 1 aromatic heterocycles. The average molecular weight is 293 g/mol. The number of benzene rings is 1. The molecule has 0 aliphatic rings. The maximum Gasteiger partial charge on any atom is 0.290 e. The standard InChI is InChI=1S/C10H4Cl3NO3/c11-3-1-4-7(9(13)8(3)12)5(15)2-6(16)10(17)14-4/h1-2,16H,(H,14,17). The molecular weight excluding hydrogens is 288 g/mol. The first kappa shape index (κ1) is 12.2. The van der Waals surface area contributed by atoms with E-state index < -0.39 is 16.7 Å². The number of fused-ring (bicyclic) bond motifs is 1. The molecule has 1 aromatic carbocycles. The highest BCUT2D eigenvalue weighted by molar-refractivity contribution is 6.50. The number of nitrogens with one attached hydrogen (secondary N) is 1. The molecule has 2 N–H and O–H groups in total. The van der Waals surface area contributed by atoms with Gasteiger partial charge in [0.2, 0.25) is 0 Å². The normalized spacial score (nSPS) is 10.8. The summed E-state index contributed by atoms with van der Waals surface area (Å²) in [6.07, 6.45) is 0. The second kappa shape index (κ2) is 4.22. The van der Waals surface area contributed by atoms with Gasteiger partial charge in [-0.15, -0.1) is 0 Å². The fourth-order valence-corrected chi connectivity index (χ4v) is 2.08. The average Bonchev–Trinajstić information content (AvgIpc) is 2.34. The molecule has 1 heterocycles. The van der Waals surface area contributed by atoms with Gasteiger partial charge in [0, 0.05) is 6.07 Å². The van der Waals surface area contributed by atoms with Crippen molar-refractivity contribution in [1.82, 2.24) is 4.98 Å². The van der Waals surface area contributed by atoms with Gasteiger partial charge in [0.15, 0.2) is 11.2 Å². The summed E-state index contributed by atoms with van der Waals surface area (Å²) in [5.74, 6) is -0.700. The van der Waals surface area contributed by atoms with Crippen molar-refractivity contribution in [3.63, 3.8) is 0 Å². The number of aromatic amines is 1. The molecular formula is C10H4Cl3NO3. The zero-order chi connectivity index (χ0) is 12.7. The van der Waals surface area contributed by atoms with E-state index in [9.17, 15) is 14.7 Å². The summed E-state index contributed by atoms with van der Waals surface area (Å²) in [5.41, 5.74) is -1.33. The third-order valence-corrected chi connectivity index (χ3v) is 3.42. The molecule has 0 atom stereocenters. The van der Waals surface area contributed by atoms with Gasteiger partial charge >= 0.3 is 0 Å². The van der Waals surface area contributed by atoms with E-state index in [2.05, 4.69) is 4.98 Å². The molecule has 88 valence electrons. The van der Waals surface area contributed by atoms with Crippen molar-refractivity contribution in [2.45, 2.75) is 0 Å². The molecule has 4 nitrogen and oxygen atoms in total. The molecule has 0 unspecified atom stereocenters. The largest absolute Gasteiger partial charge is 0.503 e. The Morgan fingerprint density at radius 1 is 1.06 bits per heavy atom. The van der Waals surface area contributed by atoms with E-state index in [0.717, 1.165) is 6.07 Å². The summed E-state index contributed by atoms with van der Waals surface area (Å²) in [5, 5.41) is 9.30. The maximum atomic E-state index is 11.7. The van der Waals surface area contributed by atoms with Crippen LogP contribution in [0.15, 0.2) is 21.7 Å². The quantitative estimate of drug-likeness (QED) is 0.733. The molecule has 7 heteroatoms. The number of H-pyrrole nitrogens is 1. The van der Waals surface area contributed by atoms with Crippen molar-refractivity contribution in [3.8, 4) is 5.75 Å². The molecule has 0 spiro atoms. The van der Waals surface area contributed by atoms with Crippen LogP contribution in [0.2, 0.25) is 15.1 Å². The Balaban J connectivity index is 3.20. The molecule has 0 radical (unpaired) electrons. The lowest BCUT2D eigenvalue weighted by Crippen LogP contribution is -2.00. The lowest BCUT2D eigenvalue weighted by molar-refractivity contribution is 0.468. The van der Waals surface area contributed by atoms with E-state index in [-0.39, 0.29) is 26.0 Å². The van der Waals surface area contributed by atoms with Gasteiger partial charge in [-0.2, -0.15) is 0 Å². The number of hydrogen-bond acceptors (Lipinski definition) is 3. The van der Waals surface area contributed by atoms with Crippen molar-refractivity contribution in [2.75, 3.05) is 0 Å². The maximum absolute atomic E-state index is 11.7. The second-order valence-corrected chi connectivity index (χ2v) is 4.42. The van der Waals surface area contributed by atoms with E-state index in [1.165, 1.54) is 6.07 Å². The van der Waals surface area contributed by atoms with Gasteiger partial charge in [-0.1, -0.05) is 34.8 Å². The molecule has 0 saturated heterocycles. The van der Waals surface area contributed by atoms with Crippen LogP contribution >= 0.6 is 34.8 Å². The first-order chi connectivity index (χ1) is 7.91. The van der Waals surface area contributed by atoms with Crippen molar-refractivity contribution in [2.24, 2.45) is 0 Å². The Kier molecular flexibility index (Phi) is 3.03. The Hall–Kier alpha value is -1.23. The molecule has 0 aliphatic carbocycles. The first-order valence-electron chi connectivity index (χ1n) is 4.35. The number of aromatic hydroxyl groups is 1. The van der Waals surface area contributed by atoms with Crippen LogP contribution in [0.25, 0.3) is 10.9 Å². The van der Waals surface area contributed by atoms with Crippen molar-refractivity contribution < 1.29 is 5.11 Å². The third-order valence-electron chi connectivity index (χ3n) is 2.16. The van der Waals surface area contributed by atoms with Crippen LogP contribution in [-0.4, -0.2) is 10.1 Å². The fourth-order valence-electron chi connectivity index (χ4n) is 1.38. The van der Waals surface area contributed by atoms with Gasteiger partial charge < -0.3 is 10.1 Å². The summed E-state index contributed by atoms with van der Waals surface area (Å²) in [7, 11) is 0. The van der Waals surface area contributed by atoms with Crippen LogP contribution in [0, 0.1) is 0 Å². The van der Waals surface area contributed by atoms with E-state index in [4.69, 9.17) is 34.8 Å². The molecule has 0 aliphatic heterocycles. The van der Waals surface area contributed by atoms with Crippen LogP contribution in [-0.2, 0) is 0 Å². The van der Waals surface area contributed by atoms with Crippen LogP contribution in [0.5, 0.6) is 5.75 Å². The SMILES string of the molecule is O=c1[nH]c2cc(Cl)c(Cl)c(Cl)c2c(=O)cc1O. The van der Waals surface area contributed by atoms with Gasteiger partial charge in [-0.05, 0) is 6.07 Å². The van der Waals surface area contributed by atoms with E-state index in [0.29, 0.717) is 0 Å². The van der Waals surface area contributed by atoms with Gasteiger partial charge in [0.25, 0.3) is 5.56 Å². The number of aromatic nitrogens is 1. The molecule has 0 amide bonds. The van der Waals surface area contributed by atoms with E-state index in [1.807, 2.05) is 0 Å². The summed E-state index contributed by atoms with van der Waals surface area (Å²) in [4.78, 5) is 25.4. The second-order valence-electron chi connectivity index (χ2n) is 3.26. The highest BCUT2D eigenvalue weighted by Crippen LogP contribution is 2.34. The highest BCUT2D eigenvalue weighted by Gasteiger charge is 2.12. The Morgan fingerprint density at radius 2 is 1.71 bits per heavy atom. The number of hydrogen-bond donors (Lipinski definition) is 2. The zero-order valence-electron chi connectivity index (χ0n) is 8.05. The fraction of sp³-hybridized carbons (Fsp3) is 0. The van der Waals surface area contributed by atoms with Crippen LogP contribution in [0.4, 0.5) is 0 Å². The van der Waals surface area contributed by atoms with E-state index in [1.54, 1.807) is 0 Å². The first-order valence-corrected chi connectivity index (χ1v) is 5.49. The summed E-state index contributed by atoms with van der Waals surface area (Å²) in [6, 6.07) is 2.07.